The van der Waals surface area contributed by atoms with E-state index in [4.69, 9.17) is 4.98 Å². The van der Waals surface area contributed by atoms with Gasteiger partial charge in [-0.15, -0.1) is 0 Å². The van der Waals surface area contributed by atoms with E-state index in [9.17, 15) is 4.39 Å². The number of imidazole rings is 1. The lowest BCUT2D eigenvalue weighted by Gasteiger charge is -2.10. The van der Waals surface area contributed by atoms with E-state index in [0.29, 0.717) is 6.42 Å². The van der Waals surface area contributed by atoms with Crippen molar-refractivity contribution in [1.82, 2.24) is 14.5 Å². The summed E-state index contributed by atoms with van der Waals surface area (Å²) in [6, 6.07) is 18.7. The predicted molar refractivity (Wildman–Crippen MR) is 92.8 cm³/mol. The van der Waals surface area contributed by atoms with Crippen LogP contribution in [0.4, 0.5) is 4.39 Å². The number of hydrogen-bond acceptors (Lipinski definition) is 2. The fourth-order valence-electron chi connectivity index (χ4n) is 2.95. The Hall–Kier alpha value is -3.01. The fraction of sp³-hybridized carbons (Fsp3) is 0.100. The molecule has 2 heterocycles. The molecule has 0 unspecified atom stereocenters. The van der Waals surface area contributed by atoms with Gasteiger partial charge in [0.15, 0.2) is 5.65 Å². The van der Waals surface area contributed by atoms with Crippen LogP contribution < -0.4 is 0 Å². The maximum Gasteiger partial charge on any atom is 0.164 e. The normalized spacial score (nSPS) is 11.1. The second-order valence-electron chi connectivity index (χ2n) is 5.86. The van der Waals surface area contributed by atoms with Crippen molar-refractivity contribution in [1.29, 1.82) is 0 Å². The zero-order valence-corrected chi connectivity index (χ0v) is 13.3. The van der Waals surface area contributed by atoms with Gasteiger partial charge in [0, 0.05) is 18.3 Å². The van der Waals surface area contributed by atoms with E-state index >= 15 is 0 Å². The molecule has 4 aromatic rings. The minimum Gasteiger partial charge on any atom is -0.280 e. The quantitative estimate of drug-likeness (QED) is 0.558. The maximum atomic E-state index is 13.5. The van der Waals surface area contributed by atoms with Crippen molar-refractivity contribution < 1.29 is 4.39 Å². The fourth-order valence-corrected chi connectivity index (χ4v) is 2.95. The lowest BCUT2D eigenvalue weighted by atomic mass is 10.1. The molecule has 0 aliphatic heterocycles. The molecule has 0 saturated carbocycles. The smallest absolute Gasteiger partial charge is 0.164 e. The van der Waals surface area contributed by atoms with Gasteiger partial charge in [0.1, 0.15) is 17.2 Å². The molecule has 0 spiro atoms. The molecule has 0 amide bonds. The summed E-state index contributed by atoms with van der Waals surface area (Å²) in [4.78, 5) is 9.22. The van der Waals surface area contributed by atoms with Gasteiger partial charge in [0.2, 0.25) is 0 Å². The van der Waals surface area contributed by atoms with Gasteiger partial charge in [-0.3, -0.25) is 4.57 Å². The Morgan fingerprint density at radius 1 is 1.00 bits per heavy atom. The summed E-state index contributed by atoms with van der Waals surface area (Å²) in [7, 11) is 0. The van der Waals surface area contributed by atoms with Gasteiger partial charge in [-0.1, -0.05) is 24.3 Å². The number of fused-ring (bicyclic) bond motifs is 1. The van der Waals surface area contributed by atoms with Gasteiger partial charge >= 0.3 is 0 Å². The number of hydrogen-bond donors (Lipinski definition) is 0. The van der Waals surface area contributed by atoms with E-state index in [1.807, 2.05) is 34.9 Å². The third kappa shape index (κ3) is 2.67. The number of benzene rings is 2. The Kier molecular flexibility index (Phi) is 3.58. The molecule has 0 saturated heterocycles. The number of halogens is 1. The molecule has 0 bridgehead atoms. The number of aromatic nitrogens is 3. The SMILES string of the molecule is Cc1cccc(-n2c(Cc3cccc(F)c3)nc3cccnc32)c1. The van der Waals surface area contributed by atoms with Crippen molar-refractivity contribution >= 4 is 11.2 Å². The highest BCUT2D eigenvalue weighted by Crippen LogP contribution is 2.22. The van der Waals surface area contributed by atoms with Gasteiger partial charge in [-0.25, -0.2) is 14.4 Å². The second kappa shape index (κ2) is 5.89. The monoisotopic (exact) mass is 317 g/mol. The lowest BCUT2D eigenvalue weighted by Crippen LogP contribution is -2.03. The highest BCUT2D eigenvalue weighted by atomic mass is 19.1. The van der Waals surface area contributed by atoms with Crippen LogP contribution in [0.25, 0.3) is 16.9 Å². The highest BCUT2D eigenvalue weighted by Gasteiger charge is 2.14. The van der Waals surface area contributed by atoms with Crippen LogP contribution in [-0.4, -0.2) is 14.5 Å². The van der Waals surface area contributed by atoms with Gasteiger partial charge in [0.25, 0.3) is 0 Å². The van der Waals surface area contributed by atoms with Crippen molar-refractivity contribution in [3.05, 3.63) is 89.6 Å². The van der Waals surface area contributed by atoms with Crippen LogP contribution >= 0.6 is 0 Å². The summed E-state index contributed by atoms with van der Waals surface area (Å²) in [5, 5.41) is 0. The van der Waals surface area contributed by atoms with Gasteiger partial charge in [-0.05, 0) is 54.4 Å². The van der Waals surface area contributed by atoms with Gasteiger partial charge in [0.05, 0.1) is 0 Å². The molecule has 2 aromatic heterocycles. The van der Waals surface area contributed by atoms with E-state index in [0.717, 1.165) is 28.2 Å². The third-order valence-electron chi connectivity index (χ3n) is 4.00. The van der Waals surface area contributed by atoms with E-state index in [2.05, 4.69) is 24.0 Å². The minimum absolute atomic E-state index is 0.233. The number of aryl methyl sites for hydroxylation is 1. The molecule has 0 aliphatic carbocycles. The molecular weight excluding hydrogens is 301 g/mol. The molecule has 0 aliphatic rings. The second-order valence-corrected chi connectivity index (χ2v) is 5.86. The molecule has 24 heavy (non-hydrogen) atoms. The Morgan fingerprint density at radius 3 is 2.71 bits per heavy atom. The maximum absolute atomic E-state index is 13.5. The predicted octanol–water partition coefficient (Wildman–Crippen LogP) is 4.46. The van der Waals surface area contributed by atoms with E-state index in [1.54, 1.807) is 18.3 Å². The van der Waals surface area contributed by atoms with Gasteiger partial charge < -0.3 is 0 Å². The Bertz CT molecular complexity index is 1020. The van der Waals surface area contributed by atoms with E-state index in [1.165, 1.54) is 11.6 Å². The molecule has 0 fully saturated rings. The van der Waals surface area contributed by atoms with Crippen LogP contribution in [0.1, 0.15) is 17.0 Å². The van der Waals surface area contributed by atoms with Crippen LogP contribution in [0.15, 0.2) is 66.9 Å². The van der Waals surface area contributed by atoms with Gasteiger partial charge in [-0.2, -0.15) is 0 Å². The number of nitrogens with zero attached hydrogens (tertiary/aromatic N) is 3. The first kappa shape index (κ1) is 14.6. The molecule has 4 heteroatoms. The molecular formula is C20H16FN3. The first-order valence-corrected chi connectivity index (χ1v) is 7.84. The average Bonchev–Trinajstić information content (AvgIpc) is 2.92. The van der Waals surface area contributed by atoms with Crippen LogP contribution in [-0.2, 0) is 6.42 Å². The summed E-state index contributed by atoms with van der Waals surface area (Å²) >= 11 is 0. The summed E-state index contributed by atoms with van der Waals surface area (Å²) in [6.07, 6.45) is 2.31. The van der Waals surface area contributed by atoms with Crippen molar-refractivity contribution in [3.63, 3.8) is 0 Å². The van der Waals surface area contributed by atoms with Crippen molar-refractivity contribution in [3.8, 4) is 5.69 Å². The Morgan fingerprint density at radius 2 is 1.88 bits per heavy atom. The minimum atomic E-state index is -0.233. The largest absolute Gasteiger partial charge is 0.280 e. The van der Waals surface area contributed by atoms with Crippen molar-refractivity contribution in [2.24, 2.45) is 0 Å². The summed E-state index contributed by atoms with van der Waals surface area (Å²) in [5.41, 5.74) is 4.73. The molecule has 118 valence electrons. The molecule has 4 rings (SSSR count). The molecule has 3 nitrogen and oxygen atoms in total. The average molecular weight is 317 g/mol. The first-order valence-electron chi connectivity index (χ1n) is 7.84. The third-order valence-corrected chi connectivity index (χ3v) is 4.00. The van der Waals surface area contributed by atoms with Crippen LogP contribution in [0.2, 0.25) is 0 Å². The molecule has 0 N–H and O–H groups in total. The summed E-state index contributed by atoms with van der Waals surface area (Å²) in [6.45, 7) is 2.06. The highest BCUT2D eigenvalue weighted by molar-refractivity contribution is 5.74. The topological polar surface area (TPSA) is 30.7 Å². The Labute approximate surface area is 139 Å². The standard InChI is InChI=1S/C20H16FN3/c1-14-5-2-8-17(11-14)24-19(13-15-6-3-7-16(21)12-15)23-18-9-4-10-22-20(18)24/h2-12H,13H2,1H3. The van der Waals surface area contributed by atoms with Crippen LogP contribution in [0.5, 0.6) is 0 Å². The number of pyridine rings is 1. The van der Waals surface area contributed by atoms with Crippen LogP contribution in [0, 0.1) is 12.7 Å². The lowest BCUT2D eigenvalue weighted by molar-refractivity contribution is 0.625. The Balaban J connectivity index is 1.90. The van der Waals surface area contributed by atoms with Crippen molar-refractivity contribution in [2.45, 2.75) is 13.3 Å². The number of rotatable bonds is 3. The summed E-state index contributed by atoms with van der Waals surface area (Å²) < 4.78 is 15.6. The molecule has 2 aromatic carbocycles. The summed E-state index contributed by atoms with van der Waals surface area (Å²) in [5.74, 6) is 0.615. The first-order chi connectivity index (χ1) is 11.7. The van der Waals surface area contributed by atoms with E-state index < -0.39 is 0 Å². The molecule has 0 atom stereocenters. The zero-order chi connectivity index (χ0) is 16.5. The van der Waals surface area contributed by atoms with E-state index in [-0.39, 0.29) is 5.82 Å². The molecule has 0 radical (unpaired) electrons. The van der Waals surface area contributed by atoms with Crippen LogP contribution in [0.3, 0.4) is 0 Å². The zero-order valence-electron chi connectivity index (χ0n) is 13.3. The van der Waals surface area contributed by atoms with Crippen molar-refractivity contribution in [2.75, 3.05) is 0 Å².